The summed E-state index contributed by atoms with van der Waals surface area (Å²) in [6.07, 6.45) is 6.10. The van der Waals surface area contributed by atoms with Crippen LogP contribution < -0.4 is 10.6 Å². The van der Waals surface area contributed by atoms with Crippen LogP contribution in [0.5, 0.6) is 0 Å². The van der Waals surface area contributed by atoms with Crippen molar-refractivity contribution in [1.82, 2.24) is 29.7 Å². The van der Waals surface area contributed by atoms with Gasteiger partial charge in [-0.15, -0.1) is 0 Å². The molecule has 2 N–H and O–H groups in total. The standard InChI is InChI=1S/C17H20N8O2/c18-16-19-7-11(8-20-16)14-13-9-21-25(12-1-4-27-10-12)15(13)23-17(22-14)24-2-5-26-6-3-24/h7-9,12H,1-6,10H2,(H2,18,19,20). The van der Waals surface area contributed by atoms with Gasteiger partial charge in [-0.2, -0.15) is 10.1 Å². The van der Waals surface area contributed by atoms with Crippen molar-refractivity contribution in [1.29, 1.82) is 0 Å². The molecule has 1 atom stereocenters. The number of aromatic nitrogens is 6. The van der Waals surface area contributed by atoms with Crippen molar-refractivity contribution >= 4 is 22.9 Å². The van der Waals surface area contributed by atoms with E-state index in [1.807, 2.05) is 10.9 Å². The molecular formula is C17H20N8O2. The van der Waals surface area contributed by atoms with E-state index in [0.29, 0.717) is 25.8 Å². The molecule has 10 nitrogen and oxygen atoms in total. The number of ether oxygens (including phenoxy) is 2. The highest BCUT2D eigenvalue weighted by atomic mass is 16.5. The summed E-state index contributed by atoms with van der Waals surface area (Å²) in [5, 5.41) is 5.46. The molecule has 0 aliphatic carbocycles. The fourth-order valence-electron chi connectivity index (χ4n) is 3.48. The maximum Gasteiger partial charge on any atom is 0.228 e. The normalized spacial score (nSPS) is 20.4. The van der Waals surface area contributed by atoms with E-state index in [1.165, 1.54) is 0 Å². The summed E-state index contributed by atoms with van der Waals surface area (Å²) in [7, 11) is 0. The SMILES string of the molecule is Nc1ncc(-c2nc(N3CCOCC3)nc3c2cnn3C2CCOC2)cn1. The summed E-state index contributed by atoms with van der Waals surface area (Å²) in [5.74, 6) is 0.898. The molecule has 5 heterocycles. The van der Waals surface area contributed by atoms with Gasteiger partial charge in [0.15, 0.2) is 5.65 Å². The van der Waals surface area contributed by atoms with E-state index in [1.54, 1.807) is 12.4 Å². The van der Waals surface area contributed by atoms with Crippen LogP contribution in [0, 0.1) is 0 Å². The van der Waals surface area contributed by atoms with Crippen LogP contribution in [0.15, 0.2) is 18.6 Å². The van der Waals surface area contributed by atoms with Crippen molar-refractivity contribution in [3.63, 3.8) is 0 Å². The van der Waals surface area contributed by atoms with E-state index in [0.717, 1.165) is 48.4 Å². The molecule has 0 bridgehead atoms. The van der Waals surface area contributed by atoms with Crippen LogP contribution in [0.4, 0.5) is 11.9 Å². The molecule has 0 radical (unpaired) electrons. The zero-order chi connectivity index (χ0) is 18.2. The summed E-state index contributed by atoms with van der Waals surface area (Å²) in [6.45, 7) is 4.22. The highest BCUT2D eigenvalue weighted by Gasteiger charge is 2.25. The molecule has 27 heavy (non-hydrogen) atoms. The Labute approximate surface area is 155 Å². The van der Waals surface area contributed by atoms with Gasteiger partial charge in [-0.05, 0) is 6.42 Å². The highest BCUT2D eigenvalue weighted by Crippen LogP contribution is 2.30. The summed E-state index contributed by atoms with van der Waals surface area (Å²) in [5.41, 5.74) is 7.99. The van der Waals surface area contributed by atoms with Gasteiger partial charge >= 0.3 is 0 Å². The van der Waals surface area contributed by atoms with E-state index in [9.17, 15) is 0 Å². The third-order valence-corrected chi connectivity index (χ3v) is 4.93. The fourth-order valence-corrected chi connectivity index (χ4v) is 3.48. The molecule has 3 aromatic heterocycles. The van der Waals surface area contributed by atoms with Crippen molar-refractivity contribution in [2.45, 2.75) is 12.5 Å². The minimum absolute atomic E-state index is 0.186. The molecule has 2 aliphatic rings. The number of hydrogen-bond acceptors (Lipinski definition) is 9. The van der Waals surface area contributed by atoms with Gasteiger partial charge in [-0.3, -0.25) is 0 Å². The molecule has 0 spiro atoms. The van der Waals surface area contributed by atoms with E-state index in [2.05, 4.69) is 20.0 Å². The molecule has 2 aliphatic heterocycles. The minimum Gasteiger partial charge on any atom is -0.379 e. The molecule has 2 fully saturated rings. The van der Waals surface area contributed by atoms with Crippen LogP contribution in [0.25, 0.3) is 22.3 Å². The molecular weight excluding hydrogens is 348 g/mol. The van der Waals surface area contributed by atoms with Crippen LogP contribution in [-0.4, -0.2) is 69.2 Å². The Balaban J connectivity index is 1.67. The van der Waals surface area contributed by atoms with Crippen LogP contribution in [0.2, 0.25) is 0 Å². The van der Waals surface area contributed by atoms with Gasteiger partial charge < -0.3 is 20.1 Å². The first kappa shape index (κ1) is 16.3. The van der Waals surface area contributed by atoms with Crippen molar-refractivity contribution in [3.05, 3.63) is 18.6 Å². The molecule has 0 aromatic carbocycles. The number of fused-ring (bicyclic) bond motifs is 1. The predicted molar refractivity (Wildman–Crippen MR) is 98.3 cm³/mol. The van der Waals surface area contributed by atoms with Crippen molar-refractivity contribution in [2.24, 2.45) is 0 Å². The van der Waals surface area contributed by atoms with Gasteiger partial charge in [0.25, 0.3) is 0 Å². The third-order valence-electron chi connectivity index (χ3n) is 4.93. The topological polar surface area (TPSA) is 117 Å². The van der Waals surface area contributed by atoms with Crippen LogP contribution >= 0.6 is 0 Å². The first-order chi connectivity index (χ1) is 13.3. The van der Waals surface area contributed by atoms with E-state index in [4.69, 9.17) is 25.2 Å². The Kier molecular flexibility index (Phi) is 4.06. The zero-order valence-corrected chi connectivity index (χ0v) is 14.8. The molecule has 1 unspecified atom stereocenters. The van der Waals surface area contributed by atoms with Gasteiger partial charge in [-0.25, -0.2) is 19.6 Å². The number of nitrogen functional groups attached to an aromatic ring is 1. The van der Waals surface area contributed by atoms with Crippen LogP contribution in [0.1, 0.15) is 12.5 Å². The van der Waals surface area contributed by atoms with Crippen LogP contribution in [-0.2, 0) is 9.47 Å². The number of anilines is 2. The number of morpholine rings is 1. The Morgan fingerprint density at radius 2 is 1.81 bits per heavy atom. The minimum atomic E-state index is 0.186. The first-order valence-electron chi connectivity index (χ1n) is 9.03. The van der Waals surface area contributed by atoms with Gasteiger partial charge in [0.1, 0.15) is 0 Å². The smallest absolute Gasteiger partial charge is 0.228 e. The number of nitrogens with two attached hydrogens (primary N) is 1. The number of nitrogens with zero attached hydrogens (tertiary/aromatic N) is 7. The molecule has 3 aromatic rings. The maximum atomic E-state index is 5.64. The summed E-state index contributed by atoms with van der Waals surface area (Å²) >= 11 is 0. The van der Waals surface area contributed by atoms with Gasteiger partial charge in [0.05, 0.1) is 43.1 Å². The van der Waals surface area contributed by atoms with Gasteiger partial charge in [0, 0.05) is 37.7 Å². The predicted octanol–water partition coefficient (Wildman–Crippen LogP) is 0.663. The Bertz CT molecular complexity index is 945. The Morgan fingerprint density at radius 3 is 2.56 bits per heavy atom. The van der Waals surface area contributed by atoms with E-state index in [-0.39, 0.29) is 12.0 Å². The molecule has 0 amide bonds. The summed E-state index contributed by atoms with van der Waals surface area (Å²) < 4.78 is 13.0. The second-order valence-corrected chi connectivity index (χ2v) is 6.65. The third kappa shape index (κ3) is 2.96. The maximum absolute atomic E-state index is 5.64. The fraction of sp³-hybridized carbons (Fsp3) is 0.471. The lowest BCUT2D eigenvalue weighted by molar-refractivity contribution is 0.122. The molecule has 10 heteroatoms. The van der Waals surface area contributed by atoms with Crippen molar-refractivity contribution in [3.8, 4) is 11.3 Å². The molecule has 2 saturated heterocycles. The number of rotatable bonds is 3. The average Bonchev–Trinajstić information content (AvgIpc) is 3.38. The van der Waals surface area contributed by atoms with Crippen molar-refractivity contribution < 1.29 is 9.47 Å². The monoisotopic (exact) mass is 368 g/mol. The van der Waals surface area contributed by atoms with Gasteiger partial charge in [-0.1, -0.05) is 0 Å². The lowest BCUT2D eigenvalue weighted by Crippen LogP contribution is -2.37. The number of hydrogen-bond donors (Lipinski definition) is 1. The summed E-state index contributed by atoms with van der Waals surface area (Å²) in [6, 6.07) is 0.186. The zero-order valence-electron chi connectivity index (χ0n) is 14.8. The van der Waals surface area contributed by atoms with E-state index < -0.39 is 0 Å². The highest BCUT2D eigenvalue weighted by molar-refractivity contribution is 5.91. The van der Waals surface area contributed by atoms with Gasteiger partial charge in [0.2, 0.25) is 11.9 Å². The lowest BCUT2D eigenvalue weighted by atomic mass is 10.2. The lowest BCUT2D eigenvalue weighted by Gasteiger charge is -2.27. The summed E-state index contributed by atoms with van der Waals surface area (Å²) in [4.78, 5) is 20.0. The average molecular weight is 368 g/mol. The van der Waals surface area contributed by atoms with Crippen LogP contribution in [0.3, 0.4) is 0 Å². The quantitative estimate of drug-likeness (QED) is 0.711. The second kappa shape index (κ2) is 6.71. The molecule has 0 saturated carbocycles. The second-order valence-electron chi connectivity index (χ2n) is 6.65. The molecule has 5 rings (SSSR count). The Morgan fingerprint density at radius 1 is 1.00 bits per heavy atom. The van der Waals surface area contributed by atoms with E-state index >= 15 is 0 Å². The molecule has 140 valence electrons. The Hall–Kier alpha value is -2.85. The van der Waals surface area contributed by atoms with Crippen molar-refractivity contribution in [2.75, 3.05) is 50.2 Å². The first-order valence-corrected chi connectivity index (χ1v) is 9.03. The largest absolute Gasteiger partial charge is 0.379 e.